The molecular weight excluding hydrogens is 278 g/mol. The van der Waals surface area contributed by atoms with E-state index >= 15 is 0 Å². The normalized spacial score (nSPS) is 36.6. The first-order valence-electron chi connectivity index (χ1n) is 8.48. The van der Waals surface area contributed by atoms with Crippen LogP contribution >= 0.6 is 0 Å². The van der Waals surface area contributed by atoms with Crippen molar-refractivity contribution in [2.24, 2.45) is 5.92 Å². The first kappa shape index (κ1) is 14.3. The van der Waals surface area contributed by atoms with Crippen LogP contribution in [0.4, 0.5) is 0 Å². The summed E-state index contributed by atoms with van der Waals surface area (Å²) in [5.74, 6) is 2.29. The van der Waals surface area contributed by atoms with Crippen molar-refractivity contribution in [1.29, 1.82) is 0 Å². The minimum atomic E-state index is -0.394. The van der Waals surface area contributed by atoms with Crippen molar-refractivity contribution in [1.82, 2.24) is 5.32 Å². The summed E-state index contributed by atoms with van der Waals surface area (Å²) in [4.78, 5) is 0. The molecule has 5 atom stereocenters. The summed E-state index contributed by atoms with van der Waals surface area (Å²) in [6.45, 7) is 2.28. The lowest BCUT2D eigenvalue weighted by atomic mass is 9.82. The van der Waals surface area contributed by atoms with Crippen LogP contribution in [0.15, 0.2) is 12.1 Å². The molecule has 0 spiro atoms. The van der Waals surface area contributed by atoms with Gasteiger partial charge in [0.2, 0.25) is 0 Å². The van der Waals surface area contributed by atoms with Gasteiger partial charge in [0.05, 0.1) is 13.2 Å². The SMILES string of the molecule is COc1ccc2c3c1OC(C3)C(O)CCC1CCC2NC1C. The average Bonchev–Trinajstić information content (AvgIpc) is 2.96. The molecule has 0 amide bonds. The lowest BCUT2D eigenvalue weighted by Crippen LogP contribution is -2.41. The van der Waals surface area contributed by atoms with Gasteiger partial charge in [-0.1, -0.05) is 6.07 Å². The van der Waals surface area contributed by atoms with Crippen molar-refractivity contribution >= 4 is 0 Å². The zero-order valence-corrected chi connectivity index (χ0v) is 13.3. The molecule has 3 heterocycles. The van der Waals surface area contributed by atoms with Gasteiger partial charge in [-0.3, -0.25) is 0 Å². The second kappa shape index (κ2) is 5.43. The number of hydrogen-bond acceptors (Lipinski definition) is 4. The maximum atomic E-state index is 10.5. The van der Waals surface area contributed by atoms with Crippen LogP contribution in [-0.4, -0.2) is 30.5 Å². The summed E-state index contributed by atoms with van der Waals surface area (Å²) in [7, 11) is 1.68. The van der Waals surface area contributed by atoms with E-state index in [1.54, 1.807) is 7.11 Å². The first-order valence-corrected chi connectivity index (χ1v) is 8.48. The molecule has 4 heteroatoms. The van der Waals surface area contributed by atoms with Crippen molar-refractivity contribution in [2.75, 3.05) is 7.11 Å². The van der Waals surface area contributed by atoms with E-state index in [-0.39, 0.29) is 6.10 Å². The van der Waals surface area contributed by atoms with Crippen LogP contribution in [-0.2, 0) is 6.42 Å². The van der Waals surface area contributed by atoms with Crippen LogP contribution < -0.4 is 14.8 Å². The minimum absolute atomic E-state index is 0.127. The van der Waals surface area contributed by atoms with Crippen LogP contribution in [0.25, 0.3) is 0 Å². The van der Waals surface area contributed by atoms with Crippen LogP contribution in [0.3, 0.4) is 0 Å². The third-order valence-electron chi connectivity index (χ3n) is 5.79. The molecule has 5 unspecified atom stereocenters. The minimum Gasteiger partial charge on any atom is -0.493 e. The van der Waals surface area contributed by atoms with E-state index in [1.807, 2.05) is 6.07 Å². The van der Waals surface area contributed by atoms with Gasteiger partial charge in [0.1, 0.15) is 6.10 Å². The van der Waals surface area contributed by atoms with Gasteiger partial charge in [0.25, 0.3) is 0 Å². The summed E-state index contributed by atoms with van der Waals surface area (Å²) in [5, 5.41) is 14.3. The molecule has 4 bridgehead atoms. The van der Waals surface area contributed by atoms with Gasteiger partial charge in [-0.15, -0.1) is 0 Å². The summed E-state index contributed by atoms with van der Waals surface area (Å²) >= 11 is 0. The Bertz CT molecular complexity index is 574. The molecule has 22 heavy (non-hydrogen) atoms. The third-order valence-corrected chi connectivity index (χ3v) is 5.79. The summed E-state index contributed by atoms with van der Waals surface area (Å²) in [5.41, 5.74) is 2.56. The number of fused-ring (bicyclic) bond motifs is 4. The topological polar surface area (TPSA) is 50.7 Å². The maximum absolute atomic E-state index is 10.5. The quantitative estimate of drug-likeness (QED) is 0.837. The van der Waals surface area contributed by atoms with Crippen LogP contribution in [0, 0.1) is 5.92 Å². The Balaban J connectivity index is 1.80. The molecule has 0 radical (unpaired) electrons. The molecule has 0 aromatic heterocycles. The fourth-order valence-corrected chi connectivity index (χ4v) is 4.44. The monoisotopic (exact) mass is 303 g/mol. The van der Waals surface area contributed by atoms with Gasteiger partial charge >= 0.3 is 0 Å². The highest BCUT2D eigenvalue weighted by Gasteiger charge is 2.38. The zero-order valence-electron chi connectivity index (χ0n) is 13.3. The lowest BCUT2D eigenvalue weighted by molar-refractivity contribution is 0.0359. The number of aliphatic hydroxyl groups is 1. The highest BCUT2D eigenvalue weighted by atomic mass is 16.5. The first-order chi connectivity index (χ1) is 10.7. The number of benzene rings is 1. The van der Waals surface area contributed by atoms with Gasteiger partial charge in [-0.05, 0) is 50.2 Å². The van der Waals surface area contributed by atoms with Gasteiger partial charge in [-0.2, -0.15) is 0 Å². The Hall–Kier alpha value is -1.26. The Morgan fingerprint density at radius 2 is 2.05 bits per heavy atom. The molecule has 4 nitrogen and oxygen atoms in total. The molecule has 1 fully saturated rings. The van der Waals surface area contributed by atoms with Crippen LogP contribution in [0.5, 0.6) is 11.5 Å². The summed E-state index contributed by atoms with van der Waals surface area (Å²) in [6.07, 6.45) is 4.55. The van der Waals surface area contributed by atoms with Gasteiger partial charge < -0.3 is 19.9 Å². The van der Waals surface area contributed by atoms with Crippen LogP contribution in [0.2, 0.25) is 0 Å². The van der Waals surface area contributed by atoms with E-state index in [0.29, 0.717) is 18.0 Å². The third kappa shape index (κ3) is 2.20. The standard InChI is InChI=1S/C18H25NO3/c1-10-11-3-6-14(19-10)12-5-8-16(21-2)18-13(12)9-17(22-18)15(20)7-4-11/h5,8,10-11,14-15,17,19-20H,3-4,6-7,9H2,1-2H3. The van der Waals surface area contributed by atoms with Crippen molar-refractivity contribution in [3.63, 3.8) is 0 Å². The molecule has 1 saturated heterocycles. The highest BCUT2D eigenvalue weighted by Crippen LogP contribution is 2.45. The van der Waals surface area contributed by atoms with Crippen molar-refractivity contribution in [3.8, 4) is 11.5 Å². The average molecular weight is 303 g/mol. The lowest BCUT2D eigenvalue weighted by Gasteiger charge is -2.37. The number of rotatable bonds is 1. The summed E-state index contributed by atoms with van der Waals surface area (Å²) in [6, 6.07) is 5.08. The summed E-state index contributed by atoms with van der Waals surface area (Å²) < 4.78 is 11.6. The van der Waals surface area contributed by atoms with E-state index in [2.05, 4.69) is 18.3 Å². The van der Waals surface area contributed by atoms with E-state index in [1.165, 1.54) is 17.5 Å². The Morgan fingerprint density at radius 3 is 2.82 bits per heavy atom. The smallest absolute Gasteiger partial charge is 0.165 e. The molecule has 1 aromatic carbocycles. The number of nitrogens with one attached hydrogen (secondary N) is 1. The second-order valence-corrected chi connectivity index (χ2v) is 7.02. The molecule has 5 rings (SSSR count). The Morgan fingerprint density at radius 1 is 1.23 bits per heavy atom. The van der Waals surface area contributed by atoms with Crippen molar-refractivity contribution < 1.29 is 14.6 Å². The molecule has 1 aromatic rings. The van der Waals surface area contributed by atoms with Gasteiger partial charge in [0.15, 0.2) is 11.5 Å². The number of ether oxygens (including phenoxy) is 2. The zero-order chi connectivity index (χ0) is 15.3. The fraction of sp³-hybridized carbons (Fsp3) is 0.667. The second-order valence-electron chi connectivity index (χ2n) is 7.02. The number of aliphatic hydroxyl groups excluding tert-OH is 1. The molecule has 120 valence electrons. The molecule has 0 saturated carbocycles. The predicted octanol–water partition coefficient (Wildman–Crippen LogP) is 2.58. The number of piperidine rings is 1. The Kier molecular flexibility index (Phi) is 3.54. The van der Waals surface area contributed by atoms with Crippen molar-refractivity contribution in [3.05, 3.63) is 23.3 Å². The molecule has 4 aliphatic rings. The Labute approximate surface area is 131 Å². The van der Waals surface area contributed by atoms with E-state index in [4.69, 9.17) is 9.47 Å². The molecule has 1 aliphatic carbocycles. The fourth-order valence-electron chi connectivity index (χ4n) is 4.44. The van der Waals surface area contributed by atoms with Crippen molar-refractivity contribution in [2.45, 2.75) is 63.3 Å². The largest absolute Gasteiger partial charge is 0.493 e. The molecular formula is C18H25NO3. The van der Waals surface area contributed by atoms with Gasteiger partial charge in [0, 0.05) is 24.1 Å². The van der Waals surface area contributed by atoms with E-state index in [9.17, 15) is 5.11 Å². The van der Waals surface area contributed by atoms with E-state index < -0.39 is 6.10 Å². The molecule has 3 aliphatic heterocycles. The number of hydrogen-bond donors (Lipinski definition) is 2. The predicted molar refractivity (Wildman–Crippen MR) is 84.4 cm³/mol. The maximum Gasteiger partial charge on any atom is 0.165 e. The highest BCUT2D eigenvalue weighted by molar-refractivity contribution is 5.54. The molecule has 2 N–H and O–H groups in total. The van der Waals surface area contributed by atoms with Gasteiger partial charge in [-0.25, -0.2) is 0 Å². The van der Waals surface area contributed by atoms with Crippen LogP contribution in [0.1, 0.15) is 49.8 Å². The van der Waals surface area contributed by atoms with E-state index in [0.717, 1.165) is 37.2 Å². The number of methoxy groups -OCH3 is 1.